The van der Waals surface area contributed by atoms with E-state index in [1.807, 2.05) is 13.8 Å². The standard InChI is InChI=1S/C7H9N5S/c1-4-3-6(8)11-12(4)7-10-9-5(2)13-7/h3H,1-2H3,(H2,8,11). The van der Waals surface area contributed by atoms with Gasteiger partial charge in [0.2, 0.25) is 5.13 Å². The molecule has 0 fully saturated rings. The van der Waals surface area contributed by atoms with Crippen molar-refractivity contribution in [1.82, 2.24) is 20.0 Å². The number of anilines is 1. The summed E-state index contributed by atoms with van der Waals surface area (Å²) in [5, 5.41) is 13.7. The molecule has 2 heterocycles. The van der Waals surface area contributed by atoms with E-state index in [1.54, 1.807) is 10.7 Å². The first kappa shape index (κ1) is 8.18. The van der Waals surface area contributed by atoms with E-state index in [0.29, 0.717) is 5.82 Å². The van der Waals surface area contributed by atoms with Crippen LogP contribution >= 0.6 is 11.3 Å². The third-order valence-electron chi connectivity index (χ3n) is 1.60. The molecule has 0 amide bonds. The average Bonchev–Trinajstić information content (AvgIpc) is 2.58. The summed E-state index contributed by atoms with van der Waals surface area (Å²) in [6.07, 6.45) is 0. The maximum Gasteiger partial charge on any atom is 0.233 e. The molecule has 13 heavy (non-hydrogen) atoms. The van der Waals surface area contributed by atoms with E-state index in [-0.39, 0.29) is 0 Å². The number of rotatable bonds is 1. The van der Waals surface area contributed by atoms with Crippen LogP contribution in [0.5, 0.6) is 0 Å². The van der Waals surface area contributed by atoms with Crippen molar-refractivity contribution in [2.45, 2.75) is 13.8 Å². The lowest BCUT2D eigenvalue weighted by molar-refractivity contribution is 0.820. The second-order valence-electron chi connectivity index (χ2n) is 2.73. The normalized spacial score (nSPS) is 10.6. The highest BCUT2D eigenvalue weighted by molar-refractivity contribution is 7.13. The first-order valence-electron chi connectivity index (χ1n) is 3.79. The van der Waals surface area contributed by atoms with E-state index in [2.05, 4.69) is 15.3 Å². The molecule has 0 saturated heterocycles. The fraction of sp³-hybridized carbons (Fsp3) is 0.286. The molecule has 2 N–H and O–H groups in total. The maximum atomic E-state index is 5.55. The Morgan fingerprint density at radius 2 is 2.15 bits per heavy atom. The Labute approximate surface area is 79.2 Å². The summed E-state index contributed by atoms with van der Waals surface area (Å²) in [6, 6.07) is 1.80. The molecule has 5 nitrogen and oxygen atoms in total. The Balaban J connectivity index is 2.51. The van der Waals surface area contributed by atoms with Crippen LogP contribution in [0.25, 0.3) is 5.13 Å². The Bertz CT molecular complexity index is 430. The fourth-order valence-electron chi connectivity index (χ4n) is 1.06. The Hall–Kier alpha value is -1.43. The molecule has 2 rings (SSSR count). The van der Waals surface area contributed by atoms with Gasteiger partial charge in [0.25, 0.3) is 0 Å². The number of nitrogens with zero attached hydrogens (tertiary/aromatic N) is 4. The highest BCUT2D eigenvalue weighted by Crippen LogP contribution is 2.16. The molecule has 0 radical (unpaired) electrons. The third kappa shape index (κ3) is 1.40. The number of nitrogen functional groups attached to an aromatic ring is 1. The van der Waals surface area contributed by atoms with Gasteiger partial charge in [-0.3, -0.25) is 0 Å². The molecule has 6 heteroatoms. The highest BCUT2D eigenvalue weighted by Gasteiger charge is 2.07. The van der Waals surface area contributed by atoms with Crippen molar-refractivity contribution < 1.29 is 0 Å². The van der Waals surface area contributed by atoms with Crippen LogP contribution in [-0.2, 0) is 0 Å². The summed E-state index contributed by atoms with van der Waals surface area (Å²) in [4.78, 5) is 0. The van der Waals surface area contributed by atoms with Gasteiger partial charge < -0.3 is 5.73 Å². The summed E-state index contributed by atoms with van der Waals surface area (Å²) in [6.45, 7) is 3.84. The monoisotopic (exact) mass is 195 g/mol. The van der Waals surface area contributed by atoms with Gasteiger partial charge in [0, 0.05) is 11.8 Å². The van der Waals surface area contributed by atoms with Crippen LogP contribution in [0.1, 0.15) is 10.7 Å². The maximum absolute atomic E-state index is 5.55. The van der Waals surface area contributed by atoms with Gasteiger partial charge >= 0.3 is 0 Å². The minimum Gasteiger partial charge on any atom is -0.382 e. The number of nitrogens with two attached hydrogens (primary N) is 1. The van der Waals surface area contributed by atoms with Gasteiger partial charge in [0.1, 0.15) is 10.8 Å². The predicted molar refractivity (Wildman–Crippen MR) is 50.9 cm³/mol. The number of aromatic nitrogens is 4. The van der Waals surface area contributed by atoms with E-state index in [0.717, 1.165) is 15.8 Å². The molecular formula is C7H9N5S. The van der Waals surface area contributed by atoms with E-state index in [9.17, 15) is 0 Å². The lowest BCUT2D eigenvalue weighted by Gasteiger charge is -1.94. The summed E-state index contributed by atoms with van der Waals surface area (Å²) >= 11 is 1.49. The zero-order valence-electron chi connectivity index (χ0n) is 7.35. The quantitative estimate of drug-likeness (QED) is 0.734. The summed E-state index contributed by atoms with van der Waals surface area (Å²) < 4.78 is 1.69. The Morgan fingerprint density at radius 1 is 1.38 bits per heavy atom. The van der Waals surface area contributed by atoms with Gasteiger partial charge in [-0.2, -0.15) is 0 Å². The van der Waals surface area contributed by atoms with Crippen LogP contribution in [0.2, 0.25) is 0 Å². The Morgan fingerprint density at radius 3 is 2.62 bits per heavy atom. The third-order valence-corrected chi connectivity index (χ3v) is 2.42. The first-order valence-corrected chi connectivity index (χ1v) is 4.61. The minimum atomic E-state index is 0.505. The lowest BCUT2D eigenvalue weighted by Crippen LogP contribution is -1.98. The van der Waals surface area contributed by atoms with Gasteiger partial charge in [-0.1, -0.05) is 11.3 Å². The fourth-order valence-corrected chi connectivity index (χ4v) is 1.76. The van der Waals surface area contributed by atoms with Crippen LogP contribution < -0.4 is 5.73 Å². The van der Waals surface area contributed by atoms with Crippen molar-refractivity contribution in [3.63, 3.8) is 0 Å². The SMILES string of the molecule is Cc1nnc(-n2nc(N)cc2C)s1. The molecule has 2 aromatic rings. The zero-order valence-corrected chi connectivity index (χ0v) is 8.17. The van der Waals surface area contributed by atoms with Crippen molar-refractivity contribution in [1.29, 1.82) is 0 Å². The molecule has 0 unspecified atom stereocenters. The minimum absolute atomic E-state index is 0.505. The largest absolute Gasteiger partial charge is 0.382 e. The molecule has 0 spiro atoms. The van der Waals surface area contributed by atoms with E-state index in [4.69, 9.17) is 5.73 Å². The van der Waals surface area contributed by atoms with Gasteiger partial charge in [-0.15, -0.1) is 15.3 Å². The van der Waals surface area contributed by atoms with Gasteiger partial charge in [-0.25, -0.2) is 4.68 Å². The molecule has 68 valence electrons. The topological polar surface area (TPSA) is 69.6 Å². The molecule has 0 saturated carbocycles. The summed E-state index contributed by atoms with van der Waals surface area (Å²) in [5.41, 5.74) is 6.51. The van der Waals surface area contributed by atoms with Crippen LogP contribution in [0.3, 0.4) is 0 Å². The summed E-state index contributed by atoms with van der Waals surface area (Å²) in [7, 11) is 0. The average molecular weight is 195 g/mol. The zero-order chi connectivity index (χ0) is 9.42. The smallest absolute Gasteiger partial charge is 0.233 e. The van der Waals surface area contributed by atoms with Crippen molar-refractivity contribution in [3.8, 4) is 5.13 Å². The lowest BCUT2D eigenvalue weighted by atomic mass is 10.5. The second-order valence-corrected chi connectivity index (χ2v) is 3.89. The summed E-state index contributed by atoms with van der Waals surface area (Å²) in [5.74, 6) is 0.505. The molecule has 0 aliphatic rings. The van der Waals surface area contributed by atoms with Crippen molar-refractivity contribution in [2.75, 3.05) is 5.73 Å². The van der Waals surface area contributed by atoms with Crippen LogP contribution in [0, 0.1) is 13.8 Å². The molecule has 0 bridgehead atoms. The van der Waals surface area contributed by atoms with E-state index in [1.165, 1.54) is 11.3 Å². The van der Waals surface area contributed by atoms with Crippen LogP contribution in [-0.4, -0.2) is 20.0 Å². The van der Waals surface area contributed by atoms with E-state index < -0.39 is 0 Å². The molecule has 0 aliphatic carbocycles. The first-order chi connectivity index (χ1) is 6.16. The number of hydrogen-bond acceptors (Lipinski definition) is 5. The second kappa shape index (κ2) is 2.81. The van der Waals surface area contributed by atoms with E-state index >= 15 is 0 Å². The van der Waals surface area contributed by atoms with Crippen molar-refractivity contribution in [3.05, 3.63) is 16.8 Å². The molecule has 0 atom stereocenters. The molecule has 0 aliphatic heterocycles. The highest BCUT2D eigenvalue weighted by atomic mass is 32.1. The van der Waals surface area contributed by atoms with Crippen LogP contribution in [0.15, 0.2) is 6.07 Å². The van der Waals surface area contributed by atoms with Gasteiger partial charge in [0.15, 0.2) is 0 Å². The number of hydrogen-bond donors (Lipinski definition) is 1. The Kier molecular flexibility index (Phi) is 1.77. The van der Waals surface area contributed by atoms with Gasteiger partial charge in [0.05, 0.1) is 0 Å². The molecular weight excluding hydrogens is 186 g/mol. The number of aryl methyl sites for hydroxylation is 2. The molecule has 0 aromatic carbocycles. The van der Waals surface area contributed by atoms with Crippen molar-refractivity contribution >= 4 is 17.2 Å². The molecule has 2 aromatic heterocycles. The van der Waals surface area contributed by atoms with Crippen molar-refractivity contribution in [2.24, 2.45) is 0 Å². The van der Waals surface area contributed by atoms with Gasteiger partial charge in [-0.05, 0) is 13.8 Å². The predicted octanol–water partition coefficient (Wildman–Crippen LogP) is 0.923. The van der Waals surface area contributed by atoms with Crippen LogP contribution in [0.4, 0.5) is 5.82 Å².